The van der Waals surface area contributed by atoms with E-state index in [9.17, 15) is 19.1 Å². The Morgan fingerprint density at radius 3 is 2.55 bits per heavy atom. The Kier molecular flexibility index (Phi) is 6.01. The van der Waals surface area contributed by atoms with Gasteiger partial charge in [-0.3, -0.25) is 14.3 Å². The van der Waals surface area contributed by atoms with Crippen molar-refractivity contribution in [1.29, 1.82) is 0 Å². The maximum absolute atomic E-state index is 14.8. The number of halogens is 1. The molecule has 0 spiro atoms. The molecule has 0 saturated carbocycles. The first-order valence-corrected chi connectivity index (χ1v) is 10.2. The van der Waals surface area contributed by atoms with Gasteiger partial charge in [0.15, 0.2) is 22.7 Å². The summed E-state index contributed by atoms with van der Waals surface area (Å²) in [4.78, 5) is 31.3. The number of fused-ring (bicyclic) bond motifs is 1. The number of hydrogen-bond donors (Lipinski definition) is 2. The van der Waals surface area contributed by atoms with Crippen LogP contribution in [0.5, 0.6) is 11.5 Å². The van der Waals surface area contributed by atoms with Gasteiger partial charge in [-0.1, -0.05) is 12.1 Å². The zero-order chi connectivity index (χ0) is 23.7. The Morgan fingerprint density at radius 2 is 1.91 bits per heavy atom. The van der Waals surface area contributed by atoms with E-state index in [1.807, 2.05) is 12.1 Å². The minimum atomic E-state index is -0.832. The van der Waals surface area contributed by atoms with E-state index in [1.165, 1.54) is 28.2 Å². The van der Waals surface area contributed by atoms with Crippen molar-refractivity contribution in [3.63, 3.8) is 0 Å². The van der Waals surface area contributed by atoms with Crippen LogP contribution in [0.2, 0.25) is 0 Å². The zero-order valence-electron chi connectivity index (χ0n) is 18.3. The summed E-state index contributed by atoms with van der Waals surface area (Å²) in [5.41, 5.74) is 0.223. The summed E-state index contributed by atoms with van der Waals surface area (Å²) in [7, 11) is 3.18. The minimum Gasteiger partial charge on any atom is -0.497 e. The molecule has 0 amide bonds. The Labute approximate surface area is 187 Å². The molecule has 0 radical (unpaired) electrons. The number of imidazole rings is 1. The molecule has 10 heteroatoms. The monoisotopic (exact) mass is 454 g/mol. The third kappa shape index (κ3) is 4.37. The molecule has 0 fully saturated rings. The maximum Gasteiger partial charge on any atom is 0.330 e. The van der Waals surface area contributed by atoms with E-state index in [0.29, 0.717) is 11.4 Å². The van der Waals surface area contributed by atoms with Gasteiger partial charge in [-0.05, 0) is 42.8 Å². The SMILES string of the molecule is COc1ccc(COc2ccc(-c3nc4c(c(=O)[nH]c(=O)n4CC(C)O)n3C)cc2F)cc1. The van der Waals surface area contributed by atoms with E-state index in [1.54, 1.807) is 32.4 Å². The molecular formula is C23H23FN4O5. The van der Waals surface area contributed by atoms with Gasteiger partial charge in [0.25, 0.3) is 5.56 Å². The Balaban J connectivity index is 1.66. The number of ether oxygens (including phenoxy) is 2. The highest BCUT2D eigenvalue weighted by Gasteiger charge is 2.19. The van der Waals surface area contributed by atoms with Crippen LogP contribution in [0.4, 0.5) is 4.39 Å². The molecule has 4 aromatic rings. The van der Waals surface area contributed by atoms with Crippen LogP contribution in [0.1, 0.15) is 12.5 Å². The third-order valence-corrected chi connectivity index (χ3v) is 5.20. The van der Waals surface area contributed by atoms with Crippen LogP contribution in [0.3, 0.4) is 0 Å². The average molecular weight is 454 g/mol. The summed E-state index contributed by atoms with van der Waals surface area (Å²) < 4.78 is 28.2. The van der Waals surface area contributed by atoms with Crippen LogP contribution in [0.15, 0.2) is 52.1 Å². The molecule has 2 heterocycles. The second-order valence-electron chi connectivity index (χ2n) is 7.67. The molecule has 33 heavy (non-hydrogen) atoms. The van der Waals surface area contributed by atoms with Crippen LogP contribution < -0.4 is 20.7 Å². The van der Waals surface area contributed by atoms with Crippen molar-refractivity contribution in [2.24, 2.45) is 7.05 Å². The van der Waals surface area contributed by atoms with Crippen molar-refractivity contribution in [2.45, 2.75) is 26.2 Å². The first-order valence-electron chi connectivity index (χ1n) is 10.2. The second kappa shape index (κ2) is 8.91. The largest absolute Gasteiger partial charge is 0.497 e. The molecule has 0 saturated heterocycles. The molecule has 0 aliphatic carbocycles. The van der Waals surface area contributed by atoms with Gasteiger partial charge in [0.1, 0.15) is 18.2 Å². The molecular weight excluding hydrogens is 431 g/mol. The molecule has 2 N–H and O–H groups in total. The summed E-state index contributed by atoms with van der Waals surface area (Å²) in [6.07, 6.45) is -0.832. The number of hydrogen-bond acceptors (Lipinski definition) is 6. The molecule has 9 nitrogen and oxygen atoms in total. The number of aromatic nitrogens is 4. The summed E-state index contributed by atoms with van der Waals surface area (Å²) in [6, 6.07) is 11.6. The van der Waals surface area contributed by atoms with Crippen LogP contribution in [-0.4, -0.2) is 37.4 Å². The lowest BCUT2D eigenvalue weighted by Gasteiger charge is -2.09. The highest BCUT2D eigenvalue weighted by Crippen LogP contribution is 2.27. The highest BCUT2D eigenvalue weighted by molar-refractivity contribution is 5.77. The van der Waals surface area contributed by atoms with Crippen molar-refractivity contribution in [2.75, 3.05) is 7.11 Å². The smallest absolute Gasteiger partial charge is 0.330 e. The van der Waals surface area contributed by atoms with Crippen molar-refractivity contribution in [1.82, 2.24) is 19.1 Å². The summed E-state index contributed by atoms with van der Waals surface area (Å²) >= 11 is 0. The molecule has 172 valence electrons. The number of H-pyrrole nitrogens is 1. The lowest BCUT2D eigenvalue weighted by atomic mass is 10.2. The zero-order valence-corrected chi connectivity index (χ0v) is 18.3. The van der Waals surface area contributed by atoms with Gasteiger partial charge in [0.2, 0.25) is 0 Å². The first-order chi connectivity index (χ1) is 15.8. The fourth-order valence-electron chi connectivity index (χ4n) is 3.58. The molecule has 4 rings (SSSR count). The summed E-state index contributed by atoms with van der Waals surface area (Å²) in [5.74, 6) is 0.482. The number of rotatable bonds is 7. The lowest BCUT2D eigenvalue weighted by Crippen LogP contribution is -2.33. The predicted octanol–water partition coefficient (Wildman–Crippen LogP) is 2.20. The molecule has 0 aliphatic heterocycles. The Hall–Kier alpha value is -3.92. The van der Waals surface area contributed by atoms with Crippen LogP contribution in [-0.2, 0) is 20.2 Å². The average Bonchev–Trinajstić information content (AvgIpc) is 3.13. The number of nitrogens with zero attached hydrogens (tertiary/aromatic N) is 3. The molecule has 0 aliphatic rings. The van der Waals surface area contributed by atoms with Gasteiger partial charge in [0, 0.05) is 12.6 Å². The maximum atomic E-state index is 14.8. The number of aliphatic hydroxyl groups excluding tert-OH is 1. The summed E-state index contributed by atoms with van der Waals surface area (Å²) in [6.45, 7) is 1.65. The van der Waals surface area contributed by atoms with E-state index in [2.05, 4.69) is 9.97 Å². The quantitative estimate of drug-likeness (QED) is 0.443. The molecule has 2 aromatic carbocycles. The number of nitrogens with one attached hydrogen (secondary N) is 1. The van der Waals surface area contributed by atoms with Gasteiger partial charge < -0.3 is 19.1 Å². The van der Waals surface area contributed by atoms with Crippen LogP contribution in [0, 0.1) is 5.82 Å². The van der Waals surface area contributed by atoms with Crippen LogP contribution in [0.25, 0.3) is 22.6 Å². The number of methoxy groups -OCH3 is 1. The van der Waals surface area contributed by atoms with Crippen molar-refractivity contribution in [3.05, 3.63) is 74.7 Å². The first kappa shape index (κ1) is 22.3. The number of benzene rings is 2. The summed E-state index contributed by atoms with van der Waals surface area (Å²) in [5, 5.41) is 9.72. The van der Waals surface area contributed by atoms with E-state index < -0.39 is 23.2 Å². The fraction of sp³-hybridized carbons (Fsp3) is 0.261. The topological polar surface area (TPSA) is 111 Å². The number of aryl methyl sites for hydroxylation is 1. The van der Waals surface area contributed by atoms with Gasteiger partial charge in [0.05, 0.1) is 19.8 Å². The molecule has 2 aromatic heterocycles. The minimum absolute atomic E-state index is 0.0466. The normalized spacial score (nSPS) is 12.2. The van der Waals surface area contributed by atoms with E-state index in [0.717, 1.165) is 11.3 Å². The Bertz CT molecular complexity index is 1420. The second-order valence-corrected chi connectivity index (χ2v) is 7.67. The van der Waals surface area contributed by atoms with Gasteiger partial charge >= 0.3 is 5.69 Å². The van der Waals surface area contributed by atoms with Gasteiger partial charge in [-0.25, -0.2) is 14.2 Å². The van der Waals surface area contributed by atoms with Crippen molar-refractivity contribution in [3.8, 4) is 22.9 Å². The fourth-order valence-corrected chi connectivity index (χ4v) is 3.58. The lowest BCUT2D eigenvalue weighted by molar-refractivity contribution is 0.173. The van der Waals surface area contributed by atoms with E-state index >= 15 is 0 Å². The third-order valence-electron chi connectivity index (χ3n) is 5.20. The van der Waals surface area contributed by atoms with Gasteiger partial charge in [-0.15, -0.1) is 0 Å². The molecule has 1 unspecified atom stereocenters. The molecule has 1 atom stereocenters. The molecule has 0 bridgehead atoms. The van der Waals surface area contributed by atoms with Crippen molar-refractivity contribution >= 4 is 11.2 Å². The predicted molar refractivity (Wildman–Crippen MR) is 120 cm³/mol. The van der Waals surface area contributed by atoms with Crippen molar-refractivity contribution < 1.29 is 19.0 Å². The number of aromatic amines is 1. The Morgan fingerprint density at radius 1 is 1.18 bits per heavy atom. The highest BCUT2D eigenvalue weighted by atomic mass is 19.1. The van der Waals surface area contributed by atoms with Gasteiger partial charge in [-0.2, -0.15) is 0 Å². The van der Waals surface area contributed by atoms with E-state index in [-0.39, 0.29) is 30.1 Å². The number of aliphatic hydroxyl groups is 1. The van der Waals surface area contributed by atoms with E-state index in [4.69, 9.17) is 9.47 Å². The van der Waals surface area contributed by atoms with Crippen LogP contribution >= 0.6 is 0 Å². The standard InChI is InChI=1S/C23H23FN4O5/c1-13(29)11-28-21-19(22(30)26-23(28)31)27(2)20(25-21)15-6-9-18(17(24)10-15)33-12-14-4-7-16(32-3)8-5-14/h4-10,13,29H,11-12H2,1-3H3,(H,26,30,31).